The maximum absolute atomic E-state index is 11.2. The summed E-state index contributed by atoms with van der Waals surface area (Å²) in [5, 5.41) is 1.08. The van der Waals surface area contributed by atoms with Crippen LogP contribution in [-0.2, 0) is 23.8 Å². The summed E-state index contributed by atoms with van der Waals surface area (Å²) >= 11 is 0. The standard InChI is InChI=1S/C8H12O5S/c9-14(10,13-6-8-5-12-8)3-1-2-7-4-11-7/h1,3,7-8H,2,4-6H2. The van der Waals surface area contributed by atoms with Crippen LogP contribution in [0.3, 0.4) is 0 Å². The molecule has 0 bridgehead atoms. The minimum atomic E-state index is -3.52. The average Bonchev–Trinajstić information content (AvgIpc) is 2.97. The molecule has 2 fully saturated rings. The Hall–Kier alpha value is -0.430. The van der Waals surface area contributed by atoms with Crippen LogP contribution in [0.5, 0.6) is 0 Å². The summed E-state index contributed by atoms with van der Waals surface area (Å²) < 4.78 is 36.7. The summed E-state index contributed by atoms with van der Waals surface area (Å²) in [6.45, 7) is 1.43. The van der Waals surface area contributed by atoms with E-state index in [-0.39, 0.29) is 18.8 Å². The minimum Gasteiger partial charge on any atom is -0.373 e. The van der Waals surface area contributed by atoms with Crippen molar-refractivity contribution in [3.8, 4) is 0 Å². The first-order chi connectivity index (χ1) is 6.66. The van der Waals surface area contributed by atoms with Crippen LogP contribution in [0.25, 0.3) is 0 Å². The zero-order valence-electron chi connectivity index (χ0n) is 7.59. The Kier molecular flexibility index (Phi) is 2.87. The molecule has 2 heterocycles. The largest absolute Gasteiger partial charge is 0.373 e. The third-order valence-corrected chi connectivity index (χ3v) is 2.88. The van der Waals surface area contributed by atoms with Gasteiger partial charge in [0.05, 0.1) is 31.3 Å². The van der Waals surface area contributed by atoms with Crippen LogP contribution in [0, 0.1) is 0 Å². The first-order valence-electron chi connectivity index (χ1n) is 4.45. The smallest absolute Gasteiger partial charge is 0.289 e. The lowest BCUT2D eigenvalue weighted by Crippen LogP contribution is -2.07. The molecule has 2 rings (SSSR count). The number of hydrogen-bond acceptors (Lipinski definition) is 5. The van der Waals surface area contributed by atoms with Crippen molar-refractivity contribution >= 4 is 10.1 Å². The Morgan fingerprint density at radius 2 is 1.93 bits per heavy atom. The van der Waals surface area contributed by atoms with E-state index in [1.54, 1.807) is 6.08 Å². The third-order valence-electron chi connectivity index (χ3n) is 1.88. The van der Waals surface area contributed by atoms with Crippen molar-refractivity contribution in [2.45, 2.75) is 18.6 Å². The van der Waals surface area contributed by atoms with E-state index in [0.29, 0.717) is 13.0 Å². The Bertz CT molecular complexity index is 313. The van der Waals surface area contributed by atoms with Gasteiger partial charge >= 0.3 is 0 Å². The highest BCUT2D eigenvalue weighted by molar-refractivity contribution is 7.89. The van der Waals surface area contributed by atoms with Gasteiger partial charge in [0.25, 0.3) is 10.1 Å². The fourth-order valence-corrected chi connectivity index (χ4v) is 1.67. The van der Waals surface area contributed by atoms with Crippen LogP contribution >= 0.6 is 0 Å². The van der Waals surface area contributed by atoms with Gasteiger partial charge in [0.1, 0.15) is 6.10 Å². The van der Waals surface area contributed by atoms with Crippen molar-refractivity contribution in [3.63, 3.8) is 0 Å². The molecule has 2 atom stereocenters. The first-order valence-corrected chi connectivity index (χ1v) is 5.92. The lowest BCUT2D eigenvalue weighted by atomic mass is 10.3. The van der Waals surface area contributed by atoms with Crippen LogP contribution < -0.4 is 0 Å². The molecular weight excluding hydrogens is 208 g/mol. The Morgan fingerprint density at radius 3 is 2.50 bits per heavy atom. The number of epoxide rings is 2. The molecule has 2 saturated heterocycles. The molecule has 0 N–H and O–H groups in total. The maximum atomic E-state index is 11.2. The summed E-state index contributed by atoms with van der Waals surface area (Å²) in [4.78, 5) is 0. The molecule has 0 saturated carbocycles. The molecule has 0 radical (unpaired) electrons. The molecule has 0 aromatic rings. The Morgan fingerprint density at radius 1 is 1.29 bits per heavy atom. The zero-order chi connectivity index (χ0) is 10.0. The molecule has 0 aromatic heterocycles. The average molecular weight is 220 g/mol. The van der Waals surface area contributed by atoms with Crippen LogP contribution in [0.1, 0.15) is 6.42 Å². The van der Waals surface area contributed by atoms with Gasteiger partial charge in [0.15, 0.2) is 0 Å². The van der Waals surface area contributed by atoms with Crippen LogP contribution in [0.15, 0.2) is 11.5 Å². The molecule has 14 heavy (non-hydrogen) atoms. The highest BCUT2D eigenvalue weighted by atomic mass is 32.2. The van der Waals surface area contributed by atoms with E-state index in [2.05, 4.69) is 4.18 Å². The van der Waals surface area contributed by atoms with E-state index in [9.17, 15) is 8.42 Å². The second kappa shape index (κ2) is 3.98. The lowest BCUT2D eigenvalue weighted by Gasteiger charge is -1.97. The second-order valence-electron chi connectivity index (χ2n) is 3.30. The van der Waals surface area contributed by atoms with Crippen molar-refractivity contribution in [3.05, 3.63) is 11.5 Å². The molecule has 2 aliphatic rings. The summed E-state index contributed by atoms with van der Waals surface area (Å²) in [5.74, 6) is 0. The second-order valence-corrected chi connectivity index (χ2v) is 4.79. The molecule has 0 amide bonds. The van der Waals surface area contributed by atoms with Gasteiger partial charge in [0, 0.05) is 0 Å². The van der Waals surface area contributed by atoms with Gasteiger partial charge in [-0.2, -0.15) is 8.42 Å². The Labute approximate surface area is 82.8 Å². The molecule has 0 spiro atoms. The van der Waals surface area contributed by atoms with Gasteiger partial charge in [-0.25, -0.2) is 0 Å². The highest BCUT2D eigenvalue weighted by Gasteiger charge is 2.25. The van der Waals surface area contributed by atoms with Crippen LogP contribution in [0.2, 0.25) is 0 Å². The number of hydrogen-bond donors (Lipinski definition) is 0. The summed E-state index contributed by atoms with van der Waals surface area (Å²) in [5.41, 5.74) is 0. The van der Waals surface area contributed by atoms with Gasteiger partial charge in [-0.3, -0.25) is 4.18 Å². The minimum absolute atomic E-state index is 0.0371. The van der Waals surface area contributed by atoms with Crippen molar-refractivity contribution in [1.29, 1.82) is 0 Å². The SMILES string of the molecule is O=S(=O)(C=CCC1CO1)OCC1CO1. The van der Waals surface area contributed by atoms with E-state index >= 15 is 0 Å². The summed E-state index contributed by atoms with van der Waals surface area (Å²) in [7, 11) is -3.52. The predicted molar refractivity (Wildman–Crippen MR) is 48.1 cm³/mol. The topological polar surface area (TPSA) is 68.4 Å². The van der Waals surface area contributed by atoms with Gasteiger partial charge in [-0.1, -0.05) is 6.08 Å². The predicted octanol–water partition coefficient (Wildman–Crippen LogP) is 0.0342. The van der Waals surface area contributed by atoms with Gasteiger partial charge in [0.2, 0.25) is 0 Å². The highest BCUT2D eigenvalue weighted by Crippen LogP contribution is 2.15. The van der Waals surface area contributed by atoms with Crippen molar-refractivity contribution in [2.75, 3.05) is 19.8 Å². The normalized spacial score (nSPS) is 30.9. The number of ether oxygens (including phenoxy) is 2. The van der Waals surface area contributed by atoms with E-state index in [4.69, 9.17) is 9.47 Å². The molecule has 80 valence electrons. The molecule has 6 heteroatoms. The van der Waals surface area contributed by atoms with Gasteiger partial charge in [-0.15, -0.1) is 0 Å². The van der Waals surface area contributed by atoms with Crippen molar-refractivity contribution < 1.29 is 22.1 Å². The molecule has 0 aromatic carbocycles. The molecule has 5 nitrogen and oxygen atoms in total. The third kappa shape index (κ3) is 3.75. The van der Waals surface area contributed by atoms with Crippen LogP contribution in [-0.4, -0.2) is 40.4 Å². The zero-order valence-corrected chi connectivity index (χ0v) is 8.40. The molecule has 2 aliphatic heterocycles. The first kappa shape index (κ1) is 10.1. The fourth-order valence-electron chi connectivity index (χ4n) is 0.904. The molecular formula is C8H12O5S. The summed E-state index contributed by atoms with van der Waals surface area (Å²) in [6.07, 6.45) is 2.35. The van der Waals surface area contributed by atoms with E-state index in [1.807, 2.05) is 0 Å². The molecule has 0 aliphatic carbocycles. The van der Waals surface area contributed by atoms with Gasteiger partial charge in [-0.05, 0) is 6.42 Å². The summed E-state index contributed by atoms with van der Waals surface area (Å²) in [6, 6.07) is 0. The maximum Gasteiger partial charge on any atom is 0.289 e. The molecule has 2 unspecified atom stereocenters. The Balaban J connectivity index is 1.71. The van der Waals surface area contributed by atoms with E-state index in [0.717, 1.165) is 12.0 Å². The van der Waals surface area contributed by atoms with E-state index in [1.165, 1.54) is 0 Å². The van der Waals surface area contributed by atoms with Crippen LogP contribution in [0.4, 0.5) is 0 Å². The van der Waals surface area contributed by atoms with E-state index < -0.39 is 10.1 Å². The number of rotatable bonds is 6. The lowest BCUT2D eigenvalue weighted by molar-refractivity contribution is 0.270. The van der Waals surface area contributed by atoms with Gasteiger partial charge < -0.3 is 9.47 Å². The van der Waals surface area contributed by atoms with Crippen molar-refractivity contribution in [2.24, 2.45) is 0 Å². The monoisotopic (exact) mass is 220 g/mol. The fraction of sp³-hybridized carbons (Fsp3) is 0.750. The van der Waals surface area contributed by atoms with Crippen molar-refractivity contribution in [1.82, 2.24) is 0 Å². The quantitative estimate of drug-likeness (QED) is 0.467.